The van der Waals surface area contributed by atoms with Crippen LogP contribution in [0.3, 0.4) is 0 Å². The first-order valence-electron chi connectivity index (χ1n) is 9.47. The van der Waals surface area contributed by atoms with Crippen molar-refractivity contribution in [3.05, 3.63) is 95.6 Å². The number of esters is 1. The van der Waals surface area contributed by atoms with Crippen LogP contribution in [0, 0.1) is 0 Å². The van der Waals surface area contributed by atoms with E-state index >= 15 is 0 Å². The number of nitrogens with one attached hydrogen (secondary N) is 2. The molecule has 0 spiro atoms. The molecular formula is C24H20N2O5. The second-order valence-corrected chi connectivity index (χ2v) is 6.66. The Labute approximate surface area is 179 Å². The molecule has 2 amide bonds. The fraction of sp³-hybridized carbons (Fsp3) is 0.0833. The third-order valence-electron chi connectivity index (χ3n) is 4.25. The second-order valence-electron chi connectivity index (χ2n) is 6.66. The Balaban J connectivity index is 1.55. The van der Waals surface area contributed by atoms with Crippen molar-refractivity contribution >= 4 is 34.9 Å². The maximum atomic E-state index is 12.3. The Morgan fingerprint density at radius 1 is 0.710 bits per heavy atom. The summed E-state index contributed by atoms with van der Waals surface area (Å²) in [5, 5.41) is 5.33. The van der Waals surface area contributed by atoms with Crippen LogP contribution in [0.25, 0.3) is 0 Å². The molecule has 0 bridgehead atoms. The molecule has 0 aromatic heterocycles. The predicted octanol–water partition coefficient (Wildman–Crippen LogP) is 3.94. The van der Waals surface area contributed by atoms with Crippen molar-refractivity contribution in [3.8, 4) is 0 Å². The molecule has 0 aliphatic heterocycles. The second kappa shape index (κ2) is 9.98. The van der Waals surface area contributed by atoms with Gasteiger partial charge in [-0.15, -0.1) is 0 Å². The van der Waals surface area contributed by atoms with E-state index in [4.69, 9.17) is 4.74 Å². The highest BCUT2D eigenvalue weighted by molar-refractivity contribution is 6.05. The molecule has 0 unspecified atom stereocenters. The molecule has 3 aromatic rings. The maximum absolute atomic E-state index is 12.3. The van der Waals surface area contributed by atoms with Crippen LogP contribution < -0.4 is 10.6 Å². The fourth-order valence-corrected chi connectivity index (χ4v) is 2.76. The number of Topliss-reactive ketones (excluding diaryl/α,β-unsaturated/α-hetero) is 1. The minimum atomic E-state index is -0.674. The van der Waals surface area contributed by atoms with E-state index in [0.29, 0.717) is 22.5 Å². The molecule has 3 aromatic carbocycles. The van der Waals surface area contributed by atoms with Crippen LogP contribution in [0.4, 0.5) is 11.4 Å². The number of hydrogen-bond donors (Lipinski definition) is 2. The summed E-state index contributed by atoms with van der Waals surface area (Å²) in [5.74, 6) is -1.57. The Bertz CT molecular complexity index is 1110. The quantitative estimate of drug-likeness (QED) is 0.449. The standard InChI is InChI=1S/C24H20N2O5/c1-16(27)25-21-9-5-8-19(14-21)24(30)31-15-22(28)17-10-12-20(13-11-17)26-23(29)18-6-3-2-4-7-18/h2-14H,15H2,1H3,(H,25,27)(H,26,29). The lowest BCUT2D eigenvalue weighted by Crippen LogP contribution is -2.15. The van der Waals surface area contributed by atoms with E-state index in [1.165, 1.54) is 19.1 Å². The van der Waals surface area contributed by atoms with Crippen molar-refractivity contribution in [2.45, 2.75) is 6.92 Å². The molecule has 0 aliphatic carbocycles. The van der Waals surface area contributed by atoms with Gasteiger partial charge in [0, 0.05) is 29.4 Å². The third-order valence-corrected chi connectivity index (χ3v) is 4.25. The summed E-state index contributed by atoms with van der Waals surface area (Å²) in [7, 11) is 0. The Hall–Kier alpha value is -4.26. The van der Waals surface area contributed by atoms with Gasteiger partial charge in [0.15, 0.2) is 12.4 Å². The van der Waals surface area contributed by atoms with Crippen LogP contribution in [0.5, 0.6) is 0 Å². The number of hydrogen-bond acceptors (Lipinski definition) is 5. The van der Waals surface area contributed by atoms with Crippen molar-refractivity contribution in [1.29, 1.82) is 0 Å². The molecule has 0 saturated heterocycles. The zero-order chi connectivity index (χ0) is 22.2. The van der Waals surface area contributed by atoms with Gasteiger partial charge in [-0.05, 0) is 54.6 Å². The van der Waals surface area contributed by atoms with Crippen molar-refractivity contribution < 1.29 is 23.9 Å². The van der Waals surface area contributed by atoms with Gasteiger partial charge < -0.3 is 15.4 Å². The first kappa shape index (κ1) is 21.4. The molecule has 0 radical (unpaired) electrons. The average Bonchev–Trinajstić information content (AvgIpc) is 2.78. The summed E-state index contributed by atoms with van der Waals surface area (Å²) in [6.45, 7) is 0.931. The summed E-state index contributed by atoms with van der Waals surface area (Å²) in [6, 6.07) is 21.3. The first-order chi connectivity index (χ1) is 14.9. The van der Waals surface area contributed by atoms with E-state index in [1.807, 2.05) is 6.07 Å². The number of benzene rings is 3. The summed E-state index contributed by atoms with van der Waals surface area (Å²) < 4.78 is 5.09. The van der Waals surface area contributed by atoms with Crippen molar-refractivity contribution in [2.75, 3.05) is 17.2 Å². The van der Waals surface area contributed by atoms with Gasteiger partial charge in [0.2, 0.25) is 5.91 Å². The molecule has 2 N–H and O–H groups in total. The summed E-state index contributed by atoms with van der Waals surface area (Å²) in [6.07, 6.45) is 0. The lowest BCUT2D eigenvalue weighted by molar-refractivity contribution is -0.114. The van der Waals surface area contributed by atoms with E-state index in [-0.39, 0.29) is 23.2 Å². The normalized spacial score (nSPS) is 10.1. The highest BCUT2D eigenvalue weighted by atomic mass is 16.5. The predicted molar refractivity (Wildman–Crippen MR) is 116 cm³/mol. The molecule has 3 rings (SSSR count). The van der Waals surface area contributed by atoms with Gasteiger partial charge in [0.1, 0.15) is 0 Å². The lowest BCUT2D eigenvalue weighted by Gasteiger charge is -2.08. The van der Waals surface area contributed by atoms with E-state index in [9.17, 15) is 19.2 Å². The van der Waals surface area contributed by atoms with Gasteiger partial charge in [-0.25, -0.2) is 4.79 Å². The van der Waals surface area contributed by atoms with Crippen molar-refractivity contribution in [3.63, 3.8) is 0 Å². The van der Waals surface area contributed by atoms with Crippen LogP contribution in [-0.2, 0) is 9.53 Å². The zero-order valence-corrected chi connectivity index (χ0v) is 16.8. The molecule has 31 heavy (non-hydrogen) atoms. The number of carbonyl (C=O) groups excluding carboxylic acids is 4. The molecule has 0 fully saturated rings. The Morgan fingerprint density at radius 3 is 2.06 bits per heavy atom. The summed E-state index contributed by atoms with van der Waals surface area (Å²) in [5.41, 5.74) is 2.09. The SMILES string of the molecule is CC(=O)Nc1cccc(C(=O)OCC(=O)c2ccc(NC(=O)c3ccccc3)cc2)c1. The molecule has 0 heterocycles. The monoisotopic (exact) mass is 416 g/mol. The van der Waals surface area contributed by atoms with Crippen molar-refractivity contribution in [1.82, 2.24) is 0 Å². The molecule has 0 aliphatic rings. The molecule has 156 valence electrons. The van der Waals surface area contributed by atoms with Crippen LogP contribution >= 0.6 is 0 Å². The average molecular weight is 416 g/mol. The maximum Gasteiger partial charge on any atom is 0.338 e. The van der Waals surface area contributed by atoms with Gasteiger partial charge in [0.05, 0.1) is 5.56 Å². The van der Waals surface area contributed by atoms with Gasteiger partial charge in [-0.2, -0.15) is 0 Å². The number of carbonyl (C=O) groups is 4. The van der Waals surface area contributed by atoms with E-state index in [0.717, 1.165) is 0 Å². The topological polar surface area (TPSA) is 102 Å². The smallest absolute Gasteiger partial charge is 0.338 e. The van der Waals surface area contributed by atoms with Crippen LogP contribution in [0.1, 0.15) is 38.0 Å². The molecule has 0 atom stereocenters. The van der Waals surface area contributed by atoms with Crippen LogP contribution in [0.15, 0.2) is 78.9 Å². The number of rotatable bonds is 7. The fourth-order valence-electron chi connectivity index (χ4n) is 2.76. The Morgan fingerprint density at radius 2 is 1.39 bits per heavy atom. The minimum Gasteiger partial charge on any atom is -0.454 e. The van der Waals surface area contributed by atoms with Gasteiger partial charge in [0.25, 0.3) is 5.91 Å². The van der Waals surface area contributed by atoms with E-state index in [1.54, 1.807) is 60.7 Å². The number of ketones is 1. The van der Waals surface area contributed by atoms with Crippen molar-refractivity contribution in [2.24, 2.45) is 0 Å². The Kier molecular flexibility index (Phi) is 6.90. The third kappa shape index (κ3) is 6.11. The highest BCUT2D eigenvalue weighted by Gasteiger charge is 2.13. The highest BCUT2D eigenvalue weighted by Crippen LogP contribution is 2.14. The largest absolute Gasteiger partial charge is 0.454 e. The first-order valence-corrected chi connectivity index (χ1v) is 9.47. The summed E-state index contributed by atoms with van der Waals surface area (Å²) in [4.78, 5) is 47.8. The summed E-state index contributed by atoms with van der Waals surface area (Å²) >= 11 is 0. The molecule has 0 saturated carbocycles. The molecule has 7 nitrogen and oxygen atoms in total. The van der Waals surface area contributed by atoms with Crippen LogP contribution in [0.2, 0.25) is 0 Å². The van der Waals surface area contributed by atoms with Crippen LogP contribution in [-0.4, -0.2) is 30.2 Å². The molecular weight excluding hydrogens is 396 g/mol. The lowest BCUT2D eigenvalue weighted by atomic mass is 10.1. The molecule has 7 heteroatoms. The zero-order valence-electron chi connectivity index (χ0n) is 16.8. The number of anilines is 2. The van der Waals surface area contributed by atoms with E-state index in [2.05, 4.69) is 10.6 Å². The van der Waals surface area contributed by atoms with Gasteiger partial charge in [-0.1, -0.05) is 24.3 Å². The minimum absolute atomic E-state index is 0.220. The van der Waals surface area contributed by atoms with Gasteiger partial charge in [-0.3, -0.25) is 14.4 Å². The number of amides is 2. The number of ether oxygens (including phenoxy) is 1. The van der Waals surface area contributed by atoms with E-state index < -0.39 is 12.6 Å². The van der Waals surface area contributed by atoms with Gasteiger partial charge >= 0.3 is 5.97 Å².